The molecule has 1 aromatic heterocycles. The maximum Gasteiger partial charge on any atom is 0.140 e. The molecule has 1 heterocycles. The van der Waals surface area contributed by atoms with E-state index in [0.717, 1.165) is 28.4 Å². The van der Waals surface area contributed by atoms with E-state index in [-0.39, 0.29) is 5.41 Å². The van der Waals surface area contributed by atoms with Crippen molar-refractivity contribution in [1.29, 1.82) is 0 Å². The highest BCUT2D eigenvalue weighted by atomic mass is 16.3. The molecule has 1 unspecified atom stereocenters. The van der Waals surface area contributed by atoms with Crippen LogP contribution < -0.4 is 4.90 Å². The summed E-state index contributed by atoms with van der Waals surface area (Å²) in [5.74, 6) is 0.976. The van der Waals surface area contributed by atoms with Gasteiger partial charge in [0.1, 0.15) is 11.3 Å². The van der Waals surface area contributed by atoms with E-state index in [1.165, 1.54) is 77.7 Å². The normalized spacial score (nSPS) is 16.2. The minimum atomic E-state index is -0.537. The number of rotatable bonds is 4. The van der Waals surface area contributed by atoms with Gasteiger partial charge in [0, 0.05) is 39.0 Å². The van der Waals surface area contributed by atoms with Crippen LogP contribution >= 0.6 is 0 Å². The molecule has 0 radical (unpaired) electrons. The first kappa shape index (κ1) is 31.5. The lowest BCUT2D eigenvalue weighted by Gasteiger charge is -2.32. The molecule has 0 amide bonds. The van der Waals surface area contributed by atoms with Gasteiger partial charge in [-0.1, -0.05) is 159 Å². The number of furan rings is 1. The van der Waals surface area contributed by atoms with Gasteiger partial charge in [-0.25, -0.2) is 0 Å². The Morgan fingerprint density at radius 2 is 0.893 bits per heavy atom. The second-order valence-electron chi connectivity index (χ2n) is 16.0. The van der Waals surface area contributed by atoms with Gasteiger partial charge in [0.2, 0.25) is 0 Å². The van der Waals surface area contributed by atoms with Crippen LogP contribution in [0.4, 0.5) is 17.1 Å². The Morgan fingerprint density at radius 3 is 1.62 bits per heavy atom. The Balaban J connectivity index is 1.12. The summed E-state index contributed by atoms with van der Waals surface area (Å²) in [7, 11) is 0. The molecule has 0 aliphatic heterocycles. The highest BCUT2D eigenvalue weighted by Gasteiger charge is 2.54. The van der Waals surface area contributed by atoms with Gasteiger partial charge in [-0.2, -0.15) is 0 Å². The standard InChI is InChI=1S/C54H37NO/c1-53(2)45-20-10-6-16-39(45)41-30-28-37(32-48(41)53)55(36-26-24-35(25-27-36)34-14-4-3-5-15-34)38-29-31-42-40-17-7-11-21-46(40)54(49(42)33-38)47-22-12-8-18-43(47)52-51(54)44-19-9-13-23-50(44)56-52/h3-33H,1-2H3. The van der Waals surface area contributed by atoms with Crippen LogP contribution in [-0.4, -0.2) is 0 Å². The van der Waals surface area contributed by atoms with Crippen LogP contribution in [0.2, 0.25) is 0 Å². The van der Waals surface area contributed by atoms with Crippen molar-refractivity contribution in [3.63, 3.8) is 0 Å². The maximum absolute atomic E-state index is 6.80. The van der Waals surface area contributed by atoms with E-state index < -0.39 is 5.41 Å². The Hall–Kier alpha value is -6.90. The fraction of sp³-hybridized carbons (Fsp3) is 0.0741. The van der Waals surface area contributed by atoms with E-state index in [4.69, 9.17) is 4.42 Å². The first-order valence-electron chi connectivity index (χ1n) is 19.6. The number of hydrogen-bond acceptors (Lipinski definition) is 2. The smallest absolute Gasteiger partial charge is 0.140 e. The molecule has 3 aliphatic rings. The Labute approximate surface area is 327 Å². The predicted octanol–water partition coefficient (Wildman–Crippen LogP) is 14.2. The average Bonchev–Trinajstić information content (AvgIpc) is 3.93. The van der Waals surface area contributed by atoms with E-state index in [9.17, 15) is 0 Å². The molecular formula is C54H37NO. The van der Waals surface area contributed by atoms with Crippen molar-refractivity contribution in [1.82, 2.24) is 0 Å². The van der Waals surface area contributed by atoms with Crippen molar-refractivity contribution >= 4 is 28.0 Å². The lowest BCUT2D eigenvalue weighted by molar-refractivity contribution is 0.628. The van der Waals surface area contributed by atoms with Crippen LogP contribution in [0.15, 0.2) is 192 Å². The van der Waals surface area contributed by atoms with Crippen molar-refractivity contribution in [3.05, 3.63) is 221 Å². The molecule has 56 heavy (non-hydrogen) atoms. The van der Waals surface area contributed by atoms with Gasteiger partial charge in [-0.15, -0.1) is 0 Å². The molecule has 0 saturated heterocycles. The van der Waals surface area contributed by atoms with Crippen molar-refractivity contribution in [2.24, 2.45) is 0 Å². The van der Waals surface area contributed by atoms with Crippen molar-refractivity contribution < 1.29 is 4.42 Å². The zero-order valence-corrected chi connectivity index (χ0v) is 31.3. The minimum Gasteiger partial charge on any atom is -0.456 e. The zero-order valence-electron chi connectivity index (χ0n) is 31.3. The van der Waals surface area contributed by atoms with Crippen LogP contribution in [-0.2, 0) is 10.8 Å². The average molecular weight is 716 g/mol. The van der Waals surface area contributed by atoms with E-state index in [0.29, 0.717) is 0 Å². The molecule has 1 spiro atoms. The highest BCUT2D eigenvalue weighted by Crippen LogP contribution is 2.65. The molecule has 12 rings (SSSR count). The number of nitrogens with zero attached hydrogens (tertiary/aromatic N) is 1. The molecule has 264 valence electrons. The fourth-order valence-electron chi connectivity index (χ4n) is 10.4. The van der Waals surface area contributed by atoms with E-state index in [2.05, 4.69) is 207 Å². The predicted molar refractivity (Wildman–Crippen MR) is 230 cm³/mol. The summed E-state index contributed by atoms with van der Waals surface area (Å²) in [6, 6.07) is 69.3. The van der Waals surface area contributed by atoms with Gasteiger partial charge in [-0.3, -0.25) is 0 Å². The van der Waals surface area contributed by atoms with Gasteiger partial charge >= 0.3 is 0 Å². The second-order valence-corrected chi connectivity index (χ2v) is 16.0. The van der Waals surface area contributed by atoms with Crippen molar-refractivity contribution in [3.8, 4) is 44.7 Å². The lowest BCUT2D eigenvalue weighted by Crippen LogP contribution is -2.26. The summed E-state index contributed by atoms with van der Waals surface area (Å²) < 4.78 is 6.80. The SMILES string of the molecule is CC1(C)c2ccccc2-c2ccc(N(c3ccc(-c4ccccc4)cc3)c3ccc4c(c3)C3(c5ccccc5-4)c4ccccc4-c4oc5ccccc5c43)cc21. The summed E-state index contributed by atoms with van der Waals surface area (Å²) in [4.78, 5) is 2.46. The largest absolute Gasteiger partial charge is 0.456 e. The van der Waals surface area contributed by atoms with Gasteiger partial charge in [0.05, 0.1) is 5.41 Å². The molecular weight excluding hydrogens is 679 g/mol. The molecule has 3 aliphatic carbocycles. The third-order valence-corrected chi connectivity index (χ3v) is 12.9. The zero-order chi connectivity index (χ0) is 37.2. The topological polar surface area (TPSA) is 16.4 Å². The molecule has 0 fully saturated rings. The molecule has 0 N–H and O–H groups in total. The van der Waals surface area contributed by atoms with E-state index >= 15 is 0 Å². The highest BCUT2D eigenvalue weighted by molar-refractivity contribution is 6.02. The van der Waals surface area contributed by atoms with Gasteiger partial charge < -0.3 is 9.32 Å². The second kappa shape index (κ2) is 11.3. The lowest BCUT2D eigenvalue weighted by atomic mass is 9.70. The van der Waals surface area contributed by atoms with Crippen LogP contribution in [0.1, 0.15) is 47.2 Å². The summed E-state index contributed by atoms with van der Waals surface area (Å²) in [6.07, 6.45) is 0. The first-order chi connectivity index (χ1) is 27.5. The summed E-state index contributed by atoms with van der Waals surface area (Å²) in [6.45, 7) is 4.72. The minimum absolute atomic E-state index is 0.124. The Morgan fingerprint density at radius 1 is 0.393 bits per heavy atom. The van der Waals surface area contributed by atoms with Crippen LogP contribution in [0, 0.1) is 0 Å². The Bertz CT molecular complexity index is 3060. The van der Waals surface area contributed by atoms with Gasteiger partial charge in [-0.05, 0) is 104 Å². The fourth-order valence-corrected chi connectivity index (χ4v) is 10.4. The number of fused-ring (bicyclic) bond motifs is 15. The number of benzene rings is 8. The van der Waals surface area contributed by atoms with E-state index in [1.807, 2.05) is 0 Å². The Kier molecular flexibility index (Phi) is 6.36. The van der Waals surface area contributed by atoms with Crippen molar-refractivity contribution in [2.75, 3.05) is 4.90 Å². The van der Waals surface area contributed by atoms with Crippen LogP contribution in [0.25, 0.3) is 55.7 Å². The third-order valence-electron chi connectivity index (χ3n) is 12.9. The summed E-state index contributed by atoms with van der Waals surface area (Å²) in [5, 5.41) is 1.17. The quantitative estimate of drug-likeness (QED) is 0.180. The molecule has 0 bridgehead atoms. The van der Waals surface area contributed by atoms with Crippen molar-refractivity contribution in [2.45, 2.75) is 24.7 Å². The van der Waals surface area contributed by atoms with Gasteiger partial charge in [0.25, 0.3) is 0 Å². The van der Waals surface area contributed by atoms with E-state index in [1.54, 1.807) is 0 Å². The molecule has 0 saturated carbocycles. The maximum atomic E-state index is 6.80. The monoisotopic (exact) mass is 715 g/mol. The third kappa shape index (κ3) is 4.06. The number of hydrogen-bond donors (Lipinski definition) is 0. The number of para-hydroxylation sites is 1. The summed E-state index contributed by atoms with van der Waals surface area (Å²) in [5.41, 5.74) is 20.3. The van der Waals surface area contributed by atoms with Crippen LogP contribution in [0.3, 0.4) is 0 Å². The molecule has 2 nitrogen and oxygen atoms in total. The molecule has 9 aromatic rings. The molecule has 2 heteroatoms. The summed E-state index contributed by atoms with van der Waals surface area (Å²) >= 11 is 0. The first-order valence-corrected chi connectivity index (χ1v) is 19.6. The molecule has 1 atom stereocenters. The molecule has 8 aromatic carbocycles. The number of anilines is 3. The van der Waals surface area contributed by atoms with Gasteiger partial charge in [0.15, 0.2) is 0 Å². The van der Waals surface area contributed by atoms with Crippen LogP contribution in [0.5, 0.6) is 0 Å².